The summed E-state index contributed by atoms with van der Waals surface area (Å²) in [7, 11) is 0. The molecule has 5 nitrogen and oxygen atoms in total. The summed E-state index contributed by atoms with van der Waals surface area (Å²) in [6.45, 7) is 8.51. The summed E-state index contributed by atoms with van der Waals surface area (Å²) in [6.07, 6.45) is 1.77. The first-order chi connectivity index (χ1) is 17.6. The van der Waals surface area contributed by atoms with Crippen molar-refractivity contribution in [1.82, 2.24) is 4.98 Å². The number of carbonyl (C=O) groups is 1. The SMILES string of the molecule is CC(C)CC(Br)C(=O)c1ccc(Cl)c(Cl)c1.CC(C)Cc1sc(N)nc1-c1ccc(Cl)c(Cl)c1.NC(N)=S. The fourth-order valence-corrected chi connectivity index (χ4v) is 5.77. The highest BCUT2D eigenvalue weighted by atomic mass is 79.9. The van der Waals surface area contributed by atoms with E-state index in [1.54, 1.807) is 24.3 Å². The Morgan fingerprint density at radius 2 is 1.47 bits per heavy atom. The van der Waals surface area contributed by atoms with Gasteiger partial charge in [0.2, 0.25) is 0 Å². The van der Waals surface area contributed by atoms with E-state index in [-0.39, 0.29) is 15.7 Å². The van der Waals surface area contributed by atoms with Crippen molar-refractivity contribution in [3.63, 3.8) is 0 Å². The second kappa shape index (κ2) is 16.9. The molecule has 1 aromatic heterocycles. The number of thiazole rings is 1. The molecule has 1 atom stereocenters. The van der Waals surface area contributed by atoms with Crippen LogP contribution in [0.2, 0.25) is 20.1 Å². The van der Waals surface area contributed by atoms with Crippen molar-refractivity contribution in [3.8, 4) is 11.3 Å². The molecule has 208 valence electrons. The van der Waals surface area contributed by atoms with Gasteiger partial charge in [0.05, 0.1) is 30.6 Å². The monoisotopic (exact) mass is 698 g/mol. The highest BCUT2D eigenvalue weighted by Gasteiger charge is 2.19. The number of benzene rings is 2. The molecule has 0 spiro atoms. The zero-order valence-corrected chi connectivity index (χ0v) is 27.6. The van der Waals surface area contributed by atoms with Gasteiger partial charge in [-0.15, -0.1) is 11.3 Å². The summed E-state index contributed by atoms with van der Waals surface area (Å²) in [5.41, 5.74) is 17.5. The van der Waals surface area contributed by atoms with Gasteiger partial charge in [-0.05, 0) is 67.2 Å². The van der Waals surface area contributed by atoms with Gasteiger partial charge in [-0.25, -0.2) is 4.98 Å². The highest BCUT2D eigenvalue weighted by Crippen LogP contribution is 2.34. The van der Waals surface area contributed by atoms with E-state index in [0.717, 1.165) is 24.1 Å². The molecule has 2 aromatic carbocycles. The fraction of sp³-hybridized carbons (Fsp3) is 0.346. The molecule has 3 aromatic rings. The Labute approximate surface area is 262 Å². The number of aromatic nitrogens is 1. The van der Waals surface area contributed by atoms with Gasteiger partial charge in [0.1, 0.15) is 0 Å². The summed E-state index contributed by atoms with van der Waals surface area (Å²) in [5, 5.41) is 2.56. The normalized spacial score (nSPS) is 11.3. The van der Waals surface area contributed by atoms with Crippen LogP contribution in [0.5, 0.6) is 0 Å². The lowest BCUT2D eigenvalue weighted by molar-refractivity contribution is 0.0984. The molecule has 0 amide bonds. The maximum absolute atomic E-state index is 12.0. The van der Waals surface area contributed by atoms with E-state index in [1.165, 1.54) is 16.2 Å². The predicted octanol–water partition coefficient (Wildman–Crippen LogP) is 9.07. The van der Waals surface area contributed by atoms with Crippen LogP contribution < -0.4 is 17.2 Å². The van der Waals surface area contributed by atoms with Crippen molar-refractivity contribution in [2.75, 3.05) is 5.73 Å². The Hall–Kier alpha value is -1.13. The summed E-state index contributed by atoms with van der Waals surface area (Å²) in [4.78, 5) is 17.4. The smallest absolute Gasteiger partial charge is 0.180 e. The molecule has 3 rings (SSSR count). The Kier molecular flexibility index (Phi) is 15.5. The minimum Gasteiger partial charge on any atom is -0.377 e. The van der Waals surface area contributed by atoms with Gasteiger partial charge in [-0.1, -0.05) is 96.1 Å². The first-order valence-electron chi connectivity index (χ1n) is 11.5. The van der Waals surface area contributed by atoms with Crippen LogP contribution in [0.4, 0.5) is 5.13 Å². The standard InChI is InChI=1S/C13H14Cl2N2S.C12H13BrCl2O.CH4N2S/c1-7(2)5-11-12(17-13(16)18-11)8-3-4-9(14)10(15)6-8;1-7(2)5-9(13)12(16)8-3-4-10(14)11(15)6-8;2-1(3)4/h3-4,6-7H,5H2,1-2H3,(H2,16,17);3-4,6-7,9H,5H2,1-2H3;(H4,2,3,4). The van der Waals surface area contributed by atoms with Gasteiger partial charge in [0, 0.05) is 16.0 Å². The number of halogens is 5. The lowest BCUT2D eigenvalue weighted by atomic mass is 10.0. The largest absolute Gasteiger partial charge is 0.377 e. The van der Waals surface area contributed by atoms with Crippen LogP contribution in [0, 0.1) is 11.8 Å². The van der Waals surface area contributed by atoms with Crippen molar-refractivity contribution in [1.29, 1.82) is 0 Å². The first-order valence-corrected chi connectivity index (χ1v) is 15.2. The molecule has 1 unspecified atom stereocenters. The minimum absolute atomic E-state index is 0.000000000000000222. The minimum atomic E-state index is -0.162. The van der Waals surface area contributed by atoms with Gasteiger partial charge >= 0.3 is 0 Å². The number of nitrogen functional groups attached to an aromatic ring is 1. The molecule has 1 heterocycles. The van der Waals surface area contributed by atoms with E-state index in [4.69, 9.17) is 52.1 Å². The third-order valence-electron chi connectivity index (χ3n) is 4.67. The molecule has 0 saturated heterocycles. The Balaban J connectivity index is 0.000000335. The van der Waals surface area contributed by atoms with E-state index in [2.05, 4.69) is 72.3 Å². The van der Waals surface area contributed by atoms with Crippen LogP contribution in [0.1, 0.15) is 49.4 Å². The molecule has 0 bridgehead atoms. The molecule has 0 aliphatic heterocycles. The van der Waals surface area contributed by atoms with E-state index in [1.807, 2.05) is 12.1 Å². The average Bonchev–Trinajstić information content (AvgIpc) is 3.15. The lowest BCUT2D eigenvalue weighted by Gasteiger charge is -2.11. The number of ketones is 1. The number of nitrogens with two attached hydrogens (primary N) is 3. The zero-order chi connectivity index (χ0) is 29.2. The molecule has 0 fully saturated rings. The Morgan fingerprint density at radius 3 is 1.95 bits per heavy atom. The maximum Gasteiger partial charge on any atom is 0.180 e. The zero-order valence-electron chi connectivity index (χ0n) is 21.4. The molecule has 6 N–H and O–H groups in total. The van der Waals surface area contributed by atoms with E-state index >= 15 is 0 Å². The third kappa shape index (κ3) is 12.4. The van der Waals surface area contributed by atoms with Crippen molar-refractivity contribution in [3.05, 3.63) is 66.9 Å². The van der Waals surface area contributed by atoms with Crippen molar-refractivity contribution >= 4 is 102 Å². The van der Waals surface area contributed by atoms with E-state index in [9.17, 15) is 4.79 Å². The number of hydrogen-bond acceptors (Lipinski definition) is 5. The number of carbonyl (C=O) groups excluding carboxylic acids is 1. The number of anilines is 1. The second-order valence-corrected chi connectivity index (χ2v) is 13.4. The lowest BCUT2D eigenvalue weighted by Crippen LogP contribution is -2.18. The number of Topliss-reactive ketones (excluding diaryl/α,β-unsaturated/α-hetero) is 1. The average molecular weight is 701 g/mol. The fourth-order valence-electron chi connectivity index (χ4n) is 3.10. The van der Waals surface area contributed by atoms with E-state index in [0.29, 0.717) is 42.6 Å². The number of thiocarbonyl (C=S) groups is 1. The van der Waals surface area contributed by atoms with Crippen LogP contribution >= 0.6 is 85.9 Å². The molecule has 0 saturated carbocycles. The highest BCUT2D eigenvalue weighted by molar-refractivity contribution is 9.10. The summed E-state index contributed by atoms with van der Waals surface area (Å²) in [6, 6.07) is 10.5. The van der Waals surface area contributed by atoms with Crippen molar-refractivity contribution in [2.24, 2.45) is 23.3 Å². The van der Waals surface area contributed by atoms with Crippen molar-refractivity contribution < 1.29 is 4.79 Å². The summed E-state index contributed by atoms with van der Waals surface area (Å²) >= 11 is 32.7. The van der Waals surface area contributed by atoms with Gasteiger partial charge < -0.3 is 17.2 Å². The van der Waals surface area contributed by atoms with Gasteiger partial charge in [0.15, 0.2) is 16.0 Å². The summed E-state index contributed by atoms with van der Waals surface area (Å²) < 4.78 is 0. The maximum atomic E-state index is 12.0. The second-order valence-electron chi connectivity index (χ2n) is 9.04. The molecule has 0 aliphatic rings. The number of nitrogens with zero attached hydrogens (tertiary/aromatic N) is 1. The Morgan fingerprint density at radius 1 is 0.947 bits per heavy atom. The van der Waals surface area contributed by atoms with Crippen LogP contribution in [0.25, 0.3) is 11.3 Å². The van der Waals surface area contributed by atoms with Gasteiger partial charge in [-0.3, -0.25) is 4.79 Å². The number of hydrogen-bond donors (Lipinski definition) is 3. The molecular formula is C26H31BrCl4N4OS2. The van der Waals surface area contributed by atoms with E-state index < -0.39 is 0 Å². The quantitative estimate of drug-likeness (QED) is 0.129. The molecule has 0 radical (unpaired) electrons. The molecule has 12 heteroatoms. The first kappa shape index (κ1) is 34.9. The van der Waals surface area contributed by atoms with Gasteiger partial charge in [0.25, 0.3) is 0 Å². The Bertz CT molecular complexity index is 1230. The van der Waals surface area contributed by atoms with Crippen LogP contribution in [0.15, 0.2) is 36.4 Å². The van der Waals surface area contributed by atoms with Crippen LogP contribution in [0.3, 0.4) is 0 Å². The molecule has 0 aliphatic carbocycles. The number of rotatable bonds is 7. The number of alkyl halides is 1. The molecular weight excluding hydrogens is 670 g/mol. The van der Waals surface area contributed by atoms with Gasteiger partial charge in [-0.2, -0.15) is 0 Å². The summed E-state index contributed by atoms with van der Waals surface area (Å²) in [5.74, 6) is 1.08. The van der Waals surface area contributed by atoms with Crippen molar-refractivity contribution in [2.45, 2.75) is 45.4 Å². The van der Waals surface area contributed by atoms with Crippen LogP contribution in [-0.2, 0) is 6.42 Å². The van der Waals surface area contributed by atoms with Crippen LogP contribution in [-0.4, -0.2) is 20.7 Å². The predicted molar refractivity (Wildman–Crippen MR) is 174 cm³/mol. The molecule has 38 heavy (non-hydrogen) atoms. The topological polar surface area (TPSA) is 108 Å². The third-order valence-corrected chi connectivity index (χ3v) is 7.84.